The molecule has 0 amide bonds. The minimum atomic E-state index is 0.266. The van der Waals surface area contributed by atoms with Crippen molar-refractivity contribution in [3.63, 3.8) is 0 Å². The molecule has 0 spiro atoms. The van der Waals surface area contributed by atoms with Crippen LogP contribution in [-0.4, -0.2) is 16.6 Å². The number of aromatic nitrogens is 2. The molecule has 0 aliphatic carbocycles. The summed E-state index contributed by atoms with van der Waals surface area (Å²) < 4.78 is 10.7. The monoisotopic (exact) mass is 193 g/mol. The smallest absolute Gasteiger partial charge is 0.250 e. The molecule has 74 valence electrons. The van der Waals surface area contributed by atoms with Crippen LogP contribution < -0.4 is 10.5 Å². The molecule has 2 N–H and O–H groups in total. The van der Waals surface area contributed by atoms with Gasteiger partial charge in [0.25, 0.3) is 5.71 Å². The lowest BCUT2D eigenvalue weighted by Gasteiger charge is -2.00. The molecular formula is C9H11N3O2. The molecule has 0 bridgehead atoms. The van der Waals surface area contributed by atoms with Crippen LogP contribution in [0.2, 0.25) is 0 Å². The van der Waals surface area contributed by atoms with Gasteiger partial charge in [-0.05, 0) is 6.92 Å². The van der Waals surface area contributed by atoms with Gasteiger partial charge in [-0.2, -0.15) is 0 Å². The van der Waals surface area contributed by atoms with Crippen molar-refractivity contribution in [2.45, 2.75) is 13.5 Å². The number of nitrogens with zero attached hydrogens (tertiary/aromatic N) is 2. The molecule has 0 saturated carbocycles. The van der Waals surface area contributed by atoms with Crippen molar-refractivity contribution < 1.29 is 9.15 Å². The molecule has 0 unspecified atom stereocenters. The molecule has 5 nitrogen and oxygen atoms in total. The Labute approximate surface area is 80.9 Å². The standard InChI is InChI=1S/C9H11N3O2/c1-2-13-6-3-4-11-9-8(6)12-7(5-10)14-9/h3-4H,2,5,10H2,1H3. The van der Waals surface area contributed by atoms with E-state index in [4.69, 9.17) is 14.9 Å². The molecule has 2 aromatic heterocycles. The summed E-state index contributed by atoms with van der Waals surface area (Å²) in [5.74, 6) is 1.15. The molecule has 5 heteroatoms. The van der Waals surface area contributed by atoms with Gasteiger partial charge in [0, 0.05) is 12.3 Å². The van der Waals surface area contributed by atoms with Crippen LogP contribution >= 0.6 is 0 Å². The predicted molar refractivity (Wildman–Crippen MR) is 50.9 cm³/mol. The van der Waals surface area contributed by atoms with Crippen LogP contribution in [0.4, 0.5) is 0 Å². The number of fused-ring (bicyclic) bond motifs is 1. The largest absolute Gasteiger partial charge is 0.491 e. The molecule has 0 aliphatic rings. The number of ether oxygens (including phenoxy) is 1. The zero-order valence-electron chi connectivity index (χ0n) is 7.86. The Morgan fingerprint density at radius 1 is 1.57 bits per heavy atom. The molecule has 0 radical (unpaired) electrons. The Bertz CT molecular complexity index is 439. The first-order chi connectivity index (χ1) is 6.85. The SMILES string of the molecule is CCOc1ccnc2oc(CN)nc12. The molecule has 0 aromatic carbocycles. The van der Waals surface area contributed by atoms with Crippen molar-refractivity contribution in [1.29, 1.82) is 0 Å². The van der Waals surface area contributed by atoms with Gasteiger partial charge in [-0.1, -0.05) is 0 Å². The van der Waals surface area contributed by atoms with Crippen LogP contribution in [0.5, 0.6) is 5.75 Å². The lowest BCUT2D eigenvalue weighted by atomic mass is 10.4. The maximum atomic E-state index is 5.41. The summed E-state index contributed by atoms with van der Waals surface area (Å²) >= 11 is 0. The van der Waals surface area contributed by atoms with E-state index in [1.54, 1.807) is 12.3 Å². The maximum absolute atomic E-state index is 5.41. The second-order valence-corrected chi connectivity index (χ2v) is 2.71. The van der Waals surface area contributed by atoms with Gasteiger partial charge in [0.2, 0.25) is 5.89 Å². The van der Waals surface area contributed by atoms with Crippen molar-refractivity contribution in [1.82, 2.24) is 9.97 Å². The number of nitrogens with two attached hydrogens (primary N) is 1. The number of rotatable bonds is 3. The topological polar surface area (TPSA) is 74.2 Å². The van der Waals surface area contributed by atoms with E-state index >= 15 is 0 Å². The Balaban J connectivity index is 2.55. The van der Waals surface area contributed by atoms with E-state index in [9.17, 15) is 0 Å². The number of pyridine rings is 1. The summed E-state index contributed by atoms with van der Waals surface area (Å²) in [6.07, 6.45) is 1.62. The average molecular weight is 193 g/mol. The van der Waals surface area contributed by atoms with Crippen molar-refractivity contribution >= 4 is 11.2 Å². The Hall–Kier alpha value is -1.62. The van der Waals surface area contributed by atoms with E-state index < -0.39 is 0 Å². The van der Waals surface area contributed by atoms with Gasteiger partial charge in [0.1, 0.15) is 0 Å². The van der Waals surface area contributed by atoms with Crippen LogP contribution in [-0.2, 0) is 6.54 Å². The molecule has 14 heavy (non-hydrogen) atoms. The number of oxazole rings is 1. The predicted octanol–water partition coefficient (Wildman–Crippen LogP) is 1.08. The number of hydrogen-bond donors (Lipinski definition) is 1. The van der Waals surface area contributed by atoms with Gasteiger partial charge < -0.3 is 14.9 Å². The lowest BCUT2D eigenvalue weighted by molar-refractivity contribution is 0.343. The molecule has 0 fully saturated rings. The fourth-order valence-electron chi connectivity index (χ4n) is 1.21. The third-order valence-corrected chi connectivity index (χ3v) is 1.78. The molecule has 0 aliphatic heterocycles. The normalized spacial score (nSPS) is 10.7. The van der Waals surface area contributed by atoms with Gasteiger partial charge >= 0.3 is 0 Å². The van der Waals surface area contributed by atoms with Gasteiger partial charge in [-0.15, -0.1) is 0 Å². The van der Waals surface area contributed by atoms with Crippen molar-refractivity contribution in [2.24, 2.45) is 5.73 Å². The van der Waals surface area contributed by atoms with Crippen LogP contribution in [0.15, 0.2) is 16.7 Å². The summed E-state index contributed by atoms with van der Waals surface area (Å²) in [7, 11) is 0. The first-order valence-electron chi connectivity index (χ1n) is 4.42. The zero-order chi connectivity index (χ0) is 9.97. The van der Waals surface area contributed by atoms with Crippen LogP contribution in [0, 0.1) is 0 Å². The maximum Gasteiger partial charge on any atom is 0.250 e. The average Bonchev–Trinajstić information content (AvgIpc) is 2.62. The molecule has 0 atom stereocenters. The van der Waals surface area contributed by atoms with Crippen molar-refractivity contribution in [3.05, 3.63) is 18.2 Å². The van der Waals surface area contributed by atoms with Gasteiger partial charge in [0.15, 0.2) is 11.3 Å². The summed E-state index contributed by atoms with van der Waals surface area (Å²) in [6, 6.07) is 1.76. The van der Waals surface area contributed by atoms with Crippen molar-refractivity contribution in [3.8, 4) is 5.75 Å². The molecular weight excluding hydrogens is 182 g/mol. The van der Waals surface area contributed by atoms with E-state index in [0.717, 1.165) is 0 Å². The fourth-order valence-corrected chi connectivity index (χ4v) is 1.21. The quantitative estimate of drug-likeness (QED) is 0.789. The van der Waals surface area contributed by atoms with Gasteiger partial charge in [-0.3, -0.25) is 0 Å². The molecule has 2 heterocycles. The fraction of sp³-hybridized carbons (Fsp3) is 0.333. The summed E-state index contributed by atoms with van der Waals surface area (Å²) in [5.41, 5.74) is 6.52. The van der Waals surface area contributed by atoms with Crippen LogP contribution in [0.25, 0.3) is 11.2 Å². The van der Waals surface area contributed by atoms with E-state index in [0.29, 0.717) is 29.5 Å². The van der Waals surface area contributed by atoms with Gasteiger partial charge in [0.05, 0.1) is 13.2 Å². The Morgan fingerprint density at radius 2 is 2.43 bits per heavy atom. The first kappa shape index (κ1) is 8.96. The highest BCUT2D eigenvalue weighted by molar-refractivity contribution is 5.75. The van der Waals surface area contributed by atoms with Gasteiger partial charge in [-0.25, -0.2) is 9.97 Å². The lowest BCUT2D eigenvalue weighted by Crippen LogP contribution is -1.96. The minimum absolute atomic E-state index is 0.266. The highest BCUT2D eigenvalue weighted by Gasteiger charge is 2.10. The second-order valence-electron chi connectivity index (χ2n) is 2.71. The van der Waals surface area contributed by atoms with E-state index in [1.807, 2.05) is 6.92 Å². The number of hydrogen-bond acceptors (Lipinski definition) is 5. The third-order valence-electron chi connectivity index (χ3n) is 1.78. The molecule has 0 saturated heterocycles. The van der Waals surface area contributed by atoms with Crippen molar-refractivity contribution in [2.75, 3.05) is 6.61 Å². The summed E-state index contributed by atoms with van der Waals surface area (Å²) in [5, 5.41) is 0. The summed E-state index contributed by atoms with van der Waals surface area (Å²) in [4.78, 5) is 8.20. The minimum Gasteiger partial charge on any atom is -0.491 e. The first-order valence-corrected chi connectivity index (χ1v) is 4.42. The summed E-state index contributed by atoms with van der Waals surface area (Å²) in [6.45, 7) is 2.77. The highest BCUT2D eigenvalue weighted by Crippen LogP contribution is 2.23. The Kier molecular flexibility index (Phi) is 2.32. The van der Waals surface area contributed by atoms with Crippen LogP contribution in [0.3, 0.4) is 0 Å². The zero-order valence-corrected chi connectivity index (χ0v) is 7.86. The highest BCUT2D eigenvalue weighted by atomic mass is 16.5. The van der Waals surface area contributed by atoms with E-state index in [2.05, 4.69) is 9.97 Å². The Morgan fingerprint density at radius 3 is 3.14 bits per heavy atom. The third kappa shape index (κ3) is 1.42. The van der Waals surface area contributed by atoms with E-state index in [-0.39, 0.29) is 6.54 Å². The van der Waals surface area contributed by atoms with E-state index in [1.165, 1.54) is 0 Å². The van der Waals surface area contributed by atoms with Crippen LogP contribution in [0.1, 0.15) is 12.8 Å². The molecule has 2 aromatic rings. The molecule has 2 rings (SSSR count). The second kappa shape index (κ2) is 3.63.